The van der Waals surface area contributed by atoms with Crippen molar-refractivity contribution in [2.75, 3.05) is 31.1 Å². The molecule has 1 aliphatic heterocycles. The average molecular weight is 378 g/mol. The summed E-state index contributed by atoms with van der Waals surface area (Å²) in [5, 5.41) is 0. The lowest BCUT2D eigenvalue weighted by Crippen LogP contribution is -2.49. The van der Waals surface area contributed by atoms with Crippen LogP contribution in [-0.4, -0.2) is 56.5 Å². The number of aryl methyl sites for hydroxylation is 2. The Bertz CT molecular complexity index is 1040. The lowest BCUT2D eigenvalue weighted by atomic mass is 10.2. The Morgan fingerprint density at radius 2 is 1.75 bits per heavy atom. The Balaban J connectivity index is 1.41. The highest BCUT2D eigenvalue weighted by molar-refractivity contribution is 5.77. The third kappa shape index (κ3) is 3.58. The molecule has 0 aliphatic carbocycles. The molecular formula is C20H22N6O2. The average Bonchev–Trinajstić information content (AvgIpc) is 2.74. The first-order valence-corrected chi connectivity index (χ1v) is 9.39. The summed E-state index contributed by atoms with van der Waals surface area (Å²) in [5.74, 6) is 0.749. The highest BCUT2D eigenvalue weighted by atomic mass is 16.2. The van der Waals surface area contributed by atoms with Crippen LogP contribution in [0.2, 0.25) is 0 Å². The molecule has 1 saturated heterocycles. The number of nitrogens with zero attached hydrogens (tertiary/aromatic N) is 6. The van der Waals surface area contributed by atoms with Gasteiger partial charge in [-0.05, 0) is 25.1 Å². The lowest BCUT2D eigenvalue weighted by molar-refractivity contribution is -0.131. The molecule has 1 aliphatic rings. The fraction of sp³-hybridized carbons (Fsp3) is 0.350. The van der Waals surface area contributed by atoms with Crippen molar-refractivity contribution in [1.82, 2.24) is 24.4 Å². The summed E-state index contributed by atoms with van der Waals surface area (Å²) < 4.78 is 1.66. The van der Waals surface area contributed by atoms with E-state index in [-0.39, 0.29) is 17.9 Å². The van der Waals surface area contributed by atoms with E-state index >= 15 is 0 Å². The first-order chi connectivity index (χ1) is 13.6. The smallest absolute Gasteiger partial charge is 0.272 e. The van der Waals surface area contributed by atoms with E-state index in [9.17, 15) is 9.59 Å². The molecule has 0 N–H and O–H groups in total. The molecule has 8 heteroatoms. The summed E-state index contributed by atoms with van der Waals surface area (Å²) in [6.45, 7) is 4.71. The Labute approximate surface area is 162 Å². The molecule has 0 saturated carbocycles. The van der Waals surface area contributed by atoms with Gasteiger partial charge in [0.25, 0.3) is 5.56 Å². The minimum atomic E-state index is -0.141. The number of benzene rings is 1. The lowest BCUT2D eigenvalue weighted by Gasteiger charge is -2.34. The first kappa shape index (κ1) is 18.1. The summed E-state index contributed by atoms with van der Waals surface area (Å²) in [4.78, 5) is 42.0. The molecule has 3 aromatic rings. The highest BCUT2D eigenvalue weighted by Crippen LogP contribution is 2.13. The molecule has 0 spiro atoms. The number of amides is 1. The van der Waals surface area contributed by atoms with E-state index in [1.165, 1.54) is 0 Å². The SMILES string of the molecule is Cc1nc2ccccc2n(CCC(=O)N2CCN(c3ncccn3)CC2)c1=O. The predicted octanol–water partition coefficient (Wildman–Crippen LogP) is 1.23. The van der Waals surface area contributed by atoms with Gasteiger partial charge >= 0.3 is 0 Å². The first-order valence-electron chi connectivity index (χ1n) is 9.39. The summed E-state index contributed by atoms with van der Waals surface area (Å²) in [6, 6.07) is 9.31. The number of rotatable bonds is 4. The maximum absolute atomic E-state index is 12.7. The normalized spacial score (nSPS) is 14.5. The maximum Gasteiger partial charge on any atom is 0.272 e. The summed E-state index contributed by atoms with van der Waals surface area (Å²) in [5.41, 5.74) is 1.83. The number of carbonyl (C=O) groups excluding carboxylic acids is 1. The van der Waals surface area contributed by atoms with Crippen molar-refractivity contribution in [2.24, 2.45) is 0 Å². The second-order valence-electron chi connectivity index (χ2n) is 6.81. The van der Waals surface area contributed by atoms with Crippen molar-refractivity contribution in [3.8, 4) is 0 Å². The summed E-state index contributed by atoms with van der Waals surface area (Å²) >= 11 is 0. The Morgan fingerprint density at radius 1 is 1.04 bits per heavy atom. The topological polar surface area (TPSA) is 84.2 Å². The van der Waals surface area contributed by atoms with Crippen molar-refractivity contribution < 1.29 is 4.79 Å². The second kappa shape index (κ2) is 7.75. The largest absolute Gasteiger partial charge is 0.339 e. The molecule has 2 aromatic heterocycles. The zero-order valence-electron chi connectivity index (χ0n) is 15.8. The van der Waals surface area contributed by atoms with Gasteiger partial charge in [0.1, 0.15) is 5.69 Å². The van der Waals surface area contributed by atoms with Gasteiger partial charge in [0.05, 0.1) is 11.0 Å². The van der Waals surface area contributed by atoms with Gasteiger partial charge in [0, 0.05) is 51.5 Å². The van der Waals surface area contributed by atoms with Crippen LogP contribution >= 0.6 is 0 Å². The maximum atomic E-state index is 12.7. The van der Waals surface area contributed by atoms with E-state index in [1.54, 1.807) is 30.0 Å². The van der Waals surface area contributed by atoms with Gasteiger partial charge in [-0.2, -0.15) is 0 Å². The van der Waals surface area contributed by atoms with Gasteiger partial charge in [-0.25, -0.2) is 15.0 Å². The number of para-hydroxylation sites is 2. The van der Waals surface area contributed by atoms with Crippen LogP contribution in [0.1, 0.15) is 12.1 Å². The van der Waals surface area contributed by atoms with Gasteiger partial charge in [0.2, 0.25) is 11.9 Å². The van der Waals surface area contributed by atoms with Crippen LogP contribution in [0.3, 0.4) is 0 Å². The van der Waals surface area contributed by atoms with Gasteiger partial charge in [-0.1, -0.05) is 12.1 Å². The van der Waals surface area contributed by atoms with Crippen LogP contribution in [0.25, 0.3) is 11.0 Å². The summed E-state index contributed by atoms with van der Waals surface area (Å²) in [6.07, 6.45) is 3.73. The van der Waals surface area contributed by atoms with Crippen LogP contribution in [0.4, 0.5) is 5.95 Å². The number of fused-ring (bicyclic) bond motifs is 1. The standard InChI is InChI=1S/C20H22N6O2/c1-15-19(28)26(17-6-3-2-5-16(17)23-15)10-7-18(27)24-11-13-25(14-12-24)20-21-8-4-9-22-20/h2-6,8-9H,7,10-14H2,1H3. The number of aromatic nitrogens is 4. The third-order valence-electron chi connectivity index (χ3n) is 5.03. The van der Waals surface area contributed by atoms with Crippen molar-refractivity contribution >= 4 is 22.9 Å². The Kier molecular flexibility index (Phi) is 5.01. The molecular weight excluding hydrogens is 356 g/mol. The Morgan fingerprint density at radius 3 is 2.50 bits per heavy atom. The van der Waals surface area contributed by atoms with E-state index in [1.807, 2.05) is 29.2 Å². The van der Waals surface area contributed by atoms with Crippen LogP contribution < -0.4 is 10.5 Å². The number of carbonyl (C=O) groups is 1. The predicted molar refractivity (Wildman–Crippen MR) is 106 cm³/mol. The molecule has 144 valence electrons. The van der Waals surface area contributed by atoms with Crippen molar-refractivity contribution in [3.63, 3.8) is 0 Å². The zero-order chi connectivity index (χ0) is 19.5. The molecule has 1 amide bonds. The number of anilines is 1. The van der Waals surface area contributed by atoms with Crippen LogP contribution in [0.15, 0.2) is 47.5 Å². The van der Waals surface area contributed by atoms with Crippen LogP contribution in [0, 0.1) is 6.92 Å². The highest BCUT2D eigenvalue weighted by Gasteiger charge is 2.22. The molecule has 1 aromatic carbocycles. The number of hydrogen-bond donors (Lipinski definition) is 0. The Hall–Kier alpha value is -3.29. The number of hydrogen-bond acceptors (Lipinski definition) is 6. The monoisotopic (exact) mass is 378 g/mol. The van der Waals surface area contributed by atoms with Crippen LogP contribution in [0.5, 0.6) is 0 Å². The molecule has 28 heavy (non-hydrogen) atoms. The van der Waals surface area contributed by atoms with Crippen molar-refractivity contribution in [3.05, 3.63) is 58.8 Å². The number of piperazine rings is 1. The van der Waals surface area contributed by atoms with Gasteiger partial charge < -0.3 is 14.4 Å². The third-order valence-corrected chi connectivity index (χ3v) is 5.03. The van der Waals surface area contributed by atoms with E-state index in [2.05, 4.69) is 19.9 Å². The van der Waals surface area contributed by atoms with Crippen LogP contribution in [-0.2, 0) is 11.3 Å². The molecule has 4 rings (SSSR count). The van der Waals surface area contributed by atoms with E-state index in [0.717, 1.165) is 11.0 Å². The molecule has 0 bridgehead atoms. The van der Waals surface area contributed by atoms with E-state index < -0.39 is 0 Å². The fourth-order valence-electron chi connectivity index (χ4n) is 3.52. The minimum absolute atomic E-state index is 0.0547. The minimum Gasteiger partial charge on any atom is -0.339 e. The fourth-order valence-corrected chi connectivity index (χ4v) is 3.52. The summed E-state index contributed by atoms with van der Waals surface area (Å²) in [7, 11) is 0. The quantitative estimate of drug-likeness (QED) is 0.679. The van der Waals surface area contributed by atoms with Crippen molar-refractivity contribution in [1.29, 1.82) is 0 Å². The second-order valence-corrected chi connectivity index (χ2v) is 6.81. The van der Waals surface area contributed by atoms with E-state index in [0.29, 0.717) is 44.4 Å². The molecule has 0 atom stereocenters. The van der Waals surface area contributed by atoms with Gasteiger partial charge in [-0.15, -0.1) is 0 Å². The molecule has 3 heterocycles. The zero-order valence-corrected chi connectivity index (χ0v) is 15.8. The molecule has 1 fully saturated rings. The molecule has 8 nitrogen and oxygen atoms in total. The molecule has 0 unspecified atom stereocenters. The molecule has 0 radical (unpaired) electrons. The van der Waals surface area contributed by atoms with Gasteiger partial charge in [0.15, 0.2) is 0 Å². The van der Waals surface area contributed by atoms with Gasteiger partial charge in [-0.3, -0.25) is 9.59 Å². The van der Waals surface area contributed by atoms with Crippen molar-refractivity contribution in [2.45, 2.75) is 19.9 Å². The van der Waals surface area contributed by atoms with E-state index in [4.69, 9.17) is 0 Å².